The van der Waals surface area contributed by atoms with Gasteiger partial charge in [0.25, 0.3) is 5.91 Å². The lowest BCUT2D eigenvalue weighted by Gasteiger charge is -2.50. The fourth-order valence-corrected chi connectivity index (χ4v) is 5.49. The van der Waals surface area contributed by atoms with Crippen LogP contribution in [0.15, 0.2) is 24.4 Å². The number of nitrogens with zero attached hydrogens (tertiary/aromatic N) is 5. The molecule has 5 rings (SSSR count). The number of piperidine rings is 2. The number of amides is 3. The van der Waals surface area contributed by atoms with Gasteiger partial charge in [-0.3, -0.25) is 34.3 Å². The number of hydrogen-bond donors (Lipinski definition) is 2. The van der Waals surface area contributed by atoms with Crippen LogP contribution in [0.3, 0.4) is 0 Å². The predicted octanol–water partition coefficient (Wildman–Crippen LogP) is 0.696. The van der Waals surface area contributed by atoms with E-state index in [1.807, 2.05) is 31.6 Å². The minimum Gasteiger partial charge on any atom is -0.383 e. The number of aliphatic hydroxyl groups is 1. The summed E-state index contributed by atoms with van der Waals surface area (Å²) in [6, 6.07) is 4.77. The highest BCUT2D eigenvalue weighted by Gasteiger charge is 2.50. The Morgan fingerprint density at radius 3 is 2.68 bits per heavy atom. The van der Waals surface area contributed by atoms with Gasteiger partial charge in [0.05, 0.1) is 29.2 Å². The minimum atomic E-state index is -1.16. The molecule has 3 aliphatic heterocycles. The number of aryl methyl sites for hydroxylation is 1. The Hall–Kier alpha value is -3.11. The van der Waals surface area contributed by atoms with Crippen LogP contribution in [0.5, 0.6) is 0 Å². The lowest BCUT2D eigenvalue weighted by atomic mass is 9.68. The maximum absolute atomic E-state index is 13.0. The Balaban J connectivity index is 1.36. The Morgan fingerprint density at radius 1 is 1.21 bits per heavy atom. The van der Waals surface area contributed by atoms with Gasteiger partial charge in [-0.1, -0.05) is 13.8 Å². The number of carbonyl (C=O) groups excluding carboxylic acids is 3. The quantitative estimate of drug-likeness (QED) is 0.636. The van der Waals surface area contributed by atoms with Gasteiger partial charge in [0.1, 0.15) is 11.6 Å². The first-order chi connectivity index (χ1) is 16.1. The van der Waals surface area contributed by atoms with Crippen LogP contribution in [-0.2, 0) is 35.3 Å². The molecule has 0 radical (unpaired) electrons. The van der Waals surface area contributed by atoms with Crippen LogP contribution < -0.4 is 5.32 Å². The number of aromatic nitrogens is 3. The second-order valence-electron chi connectivity index (χ2n) is 10.2. The van der Waals surface area contributed by atoms with Crippen molar-refractivity contribution in [2.24, 2.45) is 12.5 Å². The summed E-state index contributed by atoms with van der Waals surface area (Å²) in [5, 5.41) is 18.4. The monoisotopic (exact) mass is 466 g/mol. The number of hydrogen-bond acceptors (Lipinski definition) is 7. The van der Waals surface area contributed by atoms with E-state index in [1.54, 1.807) is 18.3 Å². The van der Waals surface area contributed by atoms with Crippen molar-refractivity contribution in [3.8, 4) is 0 Å². The minimum absolute atomic E-state index is 0.192. The highest BCUT2D eigenvalue weighted by molar-refractivity contribution is 6.05. The first kappa shape index (κ1) is 22.7. The number of rotatable bonds is 4. The number of fused-ring (bicyclic) bond motifs is 1. The van der Waals surface area contributed by atoms with E-state index in [-0.39, 0.29) is 24.8 Å². The van der Waals surface area contributed by atoms with Crippen LogP contribution in [0.2, 0.25) is 0 Å². The van der Waals surface area contributed by atoms with E-state index in [0.29, 0.717) is 42.9 Å². The van der Waals surface area contributed by atoms with E-state index in [0.717, 1.165) is 12.2 Å². The molecule has 2 N–H and O–H groups in total. The molecule has 3 aliphatic rings. The molecule has 10 nitrogen and oxygen atoms in total. The van der Waals surface area contributed by atoms with E-state index < -0.39 is 23.0 Å². The summed E-state index contributed by atoms with van der Waals surface area (Å²) in [6.45, 7) is 6.40. The molecular weight excluding hydrogens is 436 g/mol. The van der Waals surface area contributed by atoms with Crippen LogP contribution in [-0.4, -0.2) is 66.5 Å². The average Bonchev–Trinajstić information content (AvgIpc) is 3.33. The largest absolute Gasteiger partial charge is 0.383 e. The SMILES string of the molecule is Cn1nccc1CN1CCC(O)(c2ccc3c(n2)CN(C2CCC(=O)NC2=O)C3=O)C(C)(C)C1. The fourth-order valence-electron chi connectivity index (χ4n) is 5.49. The van der Waals surface area contributed by atoms with Gasteiger partial charge in [-0.25, -0.2) is 0 Å². The molecular formula is C24H30N6O4. The third-order valence-corrected chi connectivity index (χ3v) is 7.63. The summed E-state index contributed by atoms with van der Waals surface area (Å²) in [7, 11) is 1.93. The number of imide groups is 1. The molecule has 10 heteroatoms. The summed E-state index contributed by atoms with van der Waals surface area (Å²) in [4.78, 5) is 45.3. The van der Waals surface area contributed by atoms with E-state index in [1.165, 1.54) is 4.90 Å². The van der Waals surface area contributed by atoms with Gasteiger partial charge in [0.2, 0.25) is 11.8 Å². The molecule has 0 aromatic carbocycles. The van der Waals surface area contributed by atoms with Gasteiger partial charge in [0, 0.05) is 44.7 Å². The second kappa shape index (κ2) is 7.99. The van der Waals surface area contributed by atoms with Crippen molar-refractivity contribution in [1.82, 2.24) is 29.9 Å². The van der Waals surface area contributed by atoms with Gasteiger partial charge in [-0.15, -0.1) is 0 Å². The molecule has 180 valence electrons. The molecule has 5 heterocycles. The third kappa shape index (κ3) is 3.61. The molecule has 34 heavy (non-hydrogen) atoms. The highest BCUT2D eigenvalue weighted by Crippen LogP contribution is 2.46. The summed E-state index contributed by atoms with van der Waals surface area (Å²) >= 11 is 0. The van der Waals surface area contributed by atoms with Gasteiger partial charge in [-0.05, 0) is 31.0 Å². The molecule has 2 saturated heterocycles. The number of carbonyl (C=O) groups is 3. The van der Waals surface area contributed by atoms with Crippen LogP contribution >= 0.6 is 0 Å². The summed E-state index contributed by atoms with van der Waals surface area (Å²) in [6.07, 6.45) is 2.81. The molecule has 0 bridgehead atoms. The summed E-state index contributed by atoms with van der Waals surface area (Å²) < 4.78 is 1.86. The molecule has 2 aromatic rings. The van der Waals surface area contributed by atoms with E-state index in [9.17, 15) is 19.5 Å². The van der Waals surface area contributed by atoms with Crippen molar-refractivity contribution in [2.45, 2.75) is 57.8 Å². The summed E-state index contributed by atoms with van der Waals surface area (Å²) in [5.41, 5.74) is 1.03. The Morgan fingerprint density at radius 2 is 2.00 bits per heavy atom. The molecule has 0 saturated carbocycles. The van der Waals surface area contributed by atoms with Crippen molar-refractivity contribution in [3.63, 3.8) is 0 Å². The first-order valence-corrected chi connectivity index (χ1v) is 11.7. The van der Waals surface area contributed by atoms with Crippen molar-refractivity contribution in [1.29, 1.82) is 0 Å². The van der Waals surface area contributed by atoms with Crippen molar-refractivity contribution in [3.05, 3.63) is 47.0 Å². The Kier molecular flexibility index (Phi) is 5.33. The fraction of sp³-hybridized carbons (Fsp3) is 0.542. The van der Waals surface area contributed by atoms with Crippen molar-refractivity contribution in [2.75, 3.05) is 13.1 Å². The normalized spacial score (nSPS) is 27.1. The first-order valence-electron chi connectivity index (χ1n) is 11.7. The van der Waals surface area contributed by atoms with Gasteiger partial charge in [0.15, 0.2) is 0 Å². The molecule has 0 aliphatic carbocycles. The number of likely N-dealkylation sites (tertiary alicyclic amines) is 1. The maximum atomic E-state index is 13.0. The highest BCUT2D eigenvalue weighted by atomic mass is 16.3. The molecule has 0 spiro atoms. The average molecular weight is 467 g/mol. The molecule has 2 unspecified atom stereocenters. The Labute approximate surface area is 197 Å². The molecule has 3 amide bonds. The second-order valence-corrected chi connectivity index (χ2v) is 10.2. The number of nitrogens with one attached hydrogen (secondary N) is 1. The lowest BCUT2D eigenvalue weighted by Crippen LogP contribution is -2.55. The maximum Gasteiger partial charge on any atom is 0.256 e. The van der Waals surface area contributed by atoms with E-state index >= 15 is 0 Å². The topological polar surface area (TPSA) is 121 Å². The smallest absolute Gasteiger partial charge is 0.256 e. The van der Waals surface area contributed by atoms with Gasteiger partial charge < -0.3 is 10.0 Å². The van der Waals surface area contributed by atoms with Crippen LogP contribution in [0.4, 0.5) is 0 Å². The summed E-state index contributed by atoms with van der Waals surface area (Å²) in [5.74, 6) is -1.02. The molecule has 2 fully saturated rings. The number of pyridine rings is 1. The zero-order valence-electron chi connectivity index (χ0n) is 19.7. The molecule has 2 atom stereocenters. The van der Waals surface area contributed by atoms with Crippen molar-refractivity contribution < 1.29 is 19.5 Å². The zero-order valence-corrected chi connectivity index (χ0v) is 19.7. The van der Waals surface area contributed by atoms with Crippen LogP contribution in [0.25, 0.3) is 0 Å². The predicted molar refractivity (Wildman–Crippen MR) is 121 cm³/mol. The lowest BCUT2D eigenvalue weighted by molar-refractivity contribution is -0.137. The van der Waals surface area contributed by atoms with Gasteiger partial charge in [-0.2, -0.15) is 5.10 Å². The standard InChI is InChI=1S/C24H30N6O4/c1-23(2)14-29(12-15-8-10-25-28(15)3)11-9-24(23,34)19-6-4-16-17(26-19)13-30(22(16)33)18-5-7-20(31)27-21(18)32/h4,6,8,10,18,34H,5,7,9,11-14H2,1-3H3,(H,27,31,32). The van der Waals surface area contributed by atoms with E-state index in [4.69, 9.17) is 4.98 Å². The van der Waals surface area contributed by atoms with Gasteiger partial charge >= 0.3 is 0 Å². The van der Waals surface area contributed by atoms with Crippen molar-refractivity contribution >= 4 is 17.7 Å². The van der Waals surface area contributed by atoms with Crippen LogP contribution in [0.1, 0.15) is 60.5 Å². The van der Waals surface area contributed by atoms with E-state index in [2.05, 4.69) is 15.3 Å². The van der Waals surface area contributed by atoms with Crippen LogP contribution in [0, 0.1) is 5.41 Å². The molecule has 2 aromatic heterocycles. The Bertz CT molecular complexity index is 1170. The zero-order chi connectivity index (χ0) is 24.3. The third-order valence-electron chi connectivity index (χ3n) is 7.63.